The van der Waals surface area contributed by atoms with Crippen molar-refractivity contribution in [2.24, 2.45) is 0 Å². The largest absolute Gasteiger partial charge is 0.479 e. The molecular weight excluding hydrogens is 168 g/mol. The molecule has 0 aliphatic carbocycles. The van der Waals surface area contributed by atoms with Crippen LogP contribution in [0.1, 0.15) is 14.9 Å². The first kappa shape index (κ1) is 17.1. The van der Waals surface area contributed by atoms with Crippen LogP contribution in [0, 0.1) is 0 Å². The van der Waals surface area contributed by atoms with E-state index in [2.05, 4.69) is 0 Å². The molecule has 0 saturated heterocycles. The van der Waals surface area contributed by atoms with Gasteiger partial charge in [-0.2, -0.15) is 0 Å². The maximum atomic E-state index is 9.77. The molecule has 0 saturated carbocycles. The van der Waals surface area contributed by atoms with Gasteiger partial charge in [0.25, 0.3) is 0 Å². The third-order valence-corrected chi connectivity index (χ3v) is 0.805. The van der Waals surface area contributed by atoms with E-state index in [4.69, 9.17) is 20.4 Å². The summed E-state index contributed by atoms with van der Waals surface area (Å²) < 4.78 is 0. The minimum atomic E-state index is -2.27. The fourth-order valence-corrected chi connectivity index (χ4v) is 0.270. The summed E-state index contributed by atoms with van der Waals surface area (Å²) in [6.45, 7) is 0. The number of aliphatic hydroxyl groups excluding tert-OH is 2. The Morgan fingerprint density at radius 3 is 1.08 bits per heavy atom. The molecule has 0 heterocycles. The van der Waals surface area contributed by atoms with Gasteiger partial charge in [0.15, 0.2) is 12.2 Å². The Bertz CT molecular complexity index is 136. The number of rotatable bonds is 3. The molecule has 74 valence electrons. The van der Waals surface area contributed by atoms with Gasteiger partial charge >= 0.3 is 11.9 Å². The van der Waals surface area contributed by atoms with Crippen LogP contribution in [0.3, 0.4) is 0 Å². The van der Waals surface area contributed by atoms with Crippen molar-refractivity contribution in [2.75, 3.05) is 0 Å². The van der Waals surface area contributed by atoms with Crippen molar-refractivity contribution >= 4 is 11.9 Å². The summed E-state index contributed by atoms with van der Waals surface area (Å²) >= 11 is 0. The number of aliphatic hydroxyl groups is 2. The molecule has 12 heavy (non-hydrogen) atoms. The standard InChI is InChI=1S/C4H6O6.2CH4/c5-1(3(7)8)2(6)4(9)10;;/h1-2,5-6H,(H,7,8)(H,9,10);2*1H4. The third kappa shape index (κ3) is 4.64. The highest BCUT2D eigenvalue weighted by Gasteiger charge is 2.29. The molecule has 6 heteroatoms. The lowest BCUT2D eigenvalue weighted by atomic mass is 10.2. The zero-order valence-corrected chi connectivity index (χ0v) is 4.76. The zero-order valence-electron chi connectivity index (χ0n) is 4.76. The van der Waals surface area contributed by atoms with E-state index in [0.717, 1.165) is 0 Å². The summed E-state index contributed by atoms with van der Waals surface area (Å²) in [6, 6.07) is 0. The second kappa shape index (κ2) is 6.56. The molecule has 0 bridgehead atoms. The van der Waals surface area contributed by atoms with Crippen LogP contribution in [0.2, 0.25) is 0 Å². The van der Waals surface area contributed by atoms with Crippen LogP contribution in [0.25, 0.3) is 0 Å². The monoisotopic (exact) mass is 182 g/mol. The van der Waals surface area contributed by atoms with E-state index in [9.17, 15) is 9.59 Å². The lowest BCUT2D eigenvalue weighted by Crippen LogP contribution is -2.39. The maximum absolute atomic E-state index is 9.77. The van der Waals surface area contributed by atoms with Crippen molar-refractivity contribution < 1.29 is 30.0 Å². The van der Waals surface area contributed by atoms with Crippen LogP contribution in [0.15, 0.2) is 0 Å². The van der Waals surface area contributed by atoms with Crippen molar-refractivity contribution in [3.63, 3.8) is 0 Å². The third-order valence-electron chi connectivity index (χ3n) is 0.805. The molecule has 0 spiro atoms. The van der Waals surface area contributed by atoms with Crippen LogP contribution in [0.5, 0.6) is 0 Å². The highest BCUT2D eigenvalue weighted by atomic mass is 16.4. The SMILES string of the molecule is C.C.O=C(O)C(O)C(O)C(=O)O. The van der Waals surface area contributed by atoms with Crippen LogP contribution in [-0.4, -0.2) is 44.6 Å². The van der Waals surface area contributed by atoms with E-state index in [0.29, 0.717) is 0 Å². The summed E-state index contributed by atoms with van der Waals surface area (Å²) in [4.78, 5) is 19.5. The van der Waals surface area contributed by atoms with E-state index >= 15 is 0 Å². The Kier molecular flexibility index (Phi) is 9.35. The molecule has 2 unspecified atom stereocenters. The minimum Gasteiger partial charge on any atom is -0.479 e. The summed E-state index contributed by atoms with van der Waals surface area (Å²) in [5.41, 5.74) is 0. The molecule has 0 amide bonds. The molecular formula is C6H14O6. The molecule has 0 aromatic carbocycles. The van der Waals surface area contributed by atoms with E-state index in [1.165, 1.54) is 0 Å². The Balaban J connectivity index is -0.000000405. The highest BCUT2D eigenvalue weighted by molar-refractivity contribution is 5.82. The van der Waals surface area contributed by atoms with Gasteiger partial charge in [0.05, 0.1) is 0 Å². The smallest absolute Gasteiger partial charge is 0.335 e. The van der Waals surface area contributed by atoms with Gasteiger partial charge < -0.3 is 20.4 Å². The second-order valence-electron chi connectivity index (χ2n) is 1.57. The molecule has 2 atom stereocenters. The van der Waals surface area contributed by atoms with Gasteiger partial charge in [-0.3, -0.25) is 0 Å². The average molecular weight is 182 g/mol. The lowest BCUT2D eigenvalue weighted by molar-refractivity contribution is -0.165. The molecule has 0 aliphatic rings. The van der Waals surface area contributed by atoms with Gasteiger partial charge in [0, 0.05) is 0 Å². The molecule has 6 nitrogen and oxygen atoms in total. The zero-order chi connectivity index (χ0) is 8.31. The van der Waals surface area contributed by atoms with E-state index in [-0.39, 0.29) is 14.9 Å². The summed E-state index contributed by atoms with van der Waals surface area (Å²) in [7, 11) is 0. The Hall–Kier alpha value is -1.14. The maximum Gasteiger partial charge on any atom is 0.335 e. The first-order valence-corrected chi connectivity index (χ1v) is 2.28. The van der Waals surface area contributed by atoms with Crippen LogP contribution < -0.4 is 0 Å². The van der Waals surface area contributed by atoms with Crippen molar-refractivity contribution in [3.8, 4) is 0 Å². The second-order valence-corrected chi connectivity index (χ2v) is 1.57. The molecule has 0 aliphatic heterocycles. The molecule has 0 aromatic rings. The van der Waals surface area contributed by atoms with Gasteiger partial charge in [-0.1, -0.05) is 14.9 Å². The van der Waals surface area contributed by atoms with Crippen molar-refractivity contribution in [3.05, 3.63) is 0 Å². The van der Waals surface area contributed by atoms with E-state index < -0.39 is 24.1 Å². The molecule has 0 rings (SSSR count). The Morgan fingerprint density at radius 2 is 1.00 bits per heavy atom. The fourth-order valence-electron chi connectivity index (χ4n) is 0.270. The van der Waals surface area contributed by atoms with Crippen molar-refractivity contribution in [1.29, 1.82) is 0 Å². The number of hydrogen-bond acceptors (Lipinski definition) is 4. The first-order chi connectivity index (χ1) is 4.46. The van der Waals surface area contributed by atoms with E-state index in [1.54, 1.807) is 0 Å². The van der Waals surface area contributed by atoms with Gasteiger partial charge in [0.2, 0.25) is 0 Å². The quantitative estimate of drug-likeness (QED) is 0.452. The highest BCUT2D eigenvalue weighted by Crippen LogP contribution is 1.92. The summed E-state index contributed by atoms with van der Waals surface area (Å²) in [5.74, 6) is -3.54. The Morgan fingerprint density at radius 1 is 0.833 bits per heavy atom. The van der Waals surface area contributed by atoms with Crippen LogP contribution >= 0.6 is 0 Å². The van der Waals surface area contributed by atoms with Gasteiger partial charge in [-0.25, -0.2) is 9.59 Å². The van der Waals surface area contributed by atoms with Crippen molar-refractivity contribution in [2.45, 2.75) is 27.1 Å². The topological polar surface area (TPSA) is 115 Å². The lowest BCUT2D eigenvalue weighted by Gasteiger charge is -2.07. The van der Waals surface area contributed by atoms with Crippen LogP contribution in [-0.2, 0) is 9.59 Å². The molecule has 0 fully saturated rings. The normalized spacial score (nSPS) is 13.2. The minimum absolute atomic E-state index is 0. The average Bonchev–Trinajstić information content (AvgIpc) is 1.84. The number of carboxylic acid groups (broad SMARTS) is 2. The fraction of sp³-hybridized carbons (Fsp3) is 0.667. The van der Waals surface area contributed by atoms with E-state index in [1.807, 2.05) is 0 Å². The molecule has 0 radical (unpaired) electrons. The first-order valence-electron chi connectivity index (χ1n) is 2.28. The van der Waals surface area contributed by atoms with Gasteiger partial charge in [-0.15, -0.1) is 0 Å². The number of carboxylic acids is 2. The van der Waals surface area contributed by atoms with Crippen LogP contribution in [0.4, 0.5) is 0 Å². The predicted molar refractivity (Wildman–Crippen MR) is 40.7 cm³/mol. The number of hydrogen-bond donors (Lipinski definition) is 4. The van der Waals surface area contributed by atoms with Crippen molar-refractivity contribution in [1.82, 2.24) is 0 Å². The summed E-state index contributed by atoms with van der Waals surface area (Å²) in [6.07, 6.45) is -4.53. The molecule has 4 N–H and O–H groups in total. The predicted octanol–water partition coefficient (Wildman–Crippen LogP) is -0.850. The van der Waals surface area contributed by atoms with Gasteiger partial charge in [0.1, 0.15) is 0 Å². The Labute approximate surface area is 70.1 Å². The van der Waals surface area contributed by atoms with Gasteiger partial charge in [-0.05, 0) is 0 Å². The molecule has 0 aromatic heterocycles. The number of aliphatic carboxylic acids is 2. The number of carbonyl (C=O) groups is 2. The summed E-state index contributed by atoms with van der Waals surface area (Å²) in [5, 5.41) is 32.5.